The third-order valence-corrected chi connectivity index (χ3v) is 18.1. The third kappa shape index (κ3) is 13.0. The van der Waals surface area contributed by atoms with Gasteiger partial charge < -0.3 is 27.8 Å². The molecule has 2 rings (SSSR count). The molecule has 0 aliphatic rings. The lowest BCUT2D eigenvalue weighted by Crippen LogP contribution is -2.40. The van der Waals surface area contributed by atoms with Gasteiger partial charge in [-0.1, -0.05) is 53.7 Å². The molecule has 0 radical (unpaired) electrons. The lowest BCUT2D eigenvalue weighted by molar-refractivity contribution is -0.0516. The summed E-state index contributed by atoms with van der Waals surface area (Å²) in [4.78, 5) is 12.7. The average molecular weight is 719 g/mol. The van der Waals surface area contributed by atoms with Crippen LogP contribution >= 0.6 is 0 Å². The summed E-state index contributed by atoms with van der Waals surface area (Å²) < 4.78 is 85.4. The molecular formula is C35H54F4O7Si2. The lowest BCUT2D eigenvalue weighted by atomic mass is 10.0. The van der Waals surface area contributed by atoms with Gasteiger partial charge in [0, 0.05) is 24.0 Å². The lowest BCUT2D eigenvalue weighted by Gasteiger charge is -2.36. The van der Waals surface area contributed by atoms with Crippen LogP contribution in [0.3, 0.4) is 0 Å². The fraction of sp³-hybridized carbons (Fsp3) is 0.629. The standard InChI is InChI=1S/C35H54F4O7Si2/c1-23(17-25-13-15-29(45-31(36)37)27(19-25)21-41-47(9,10)34(3,4)5)43-33(40)44-24(2)18-26-14-16-30(46-32(38)39)28(20-26)22-42-48(11,12)35(6,7)8/h13-16,19-20,23-24,31-32H,17-18,21-22H2,1-12H3. The molecule has 2 atom stereocenters. The number of carbonyl (C=O) groups is 1. The highest BCUT2D eigenvalue weighted by molar-refractivity contribution is 6.74. The molecule has 13 heteroatoms. The molecule has 0 saturated carbocycles. The minimum Gasteiger partial charge on any atom is -0.434 e. The van der Waals surface area contributed by atoms with Crippen LogP contribution in [0.4, 0.5) is 22.4 Å². The fourth-order valence-electron chi connectivity index (χ4n) is 4.22. The van der Waals surface area contributed by atoms with Crippen molar-refractivity contribution >= 4 is 22.8 Å². The van der Waals surface area contributed by atoms with Crippen molar-refractivity contribution < 1.29 is 50.2 Å². The number of rotatable bonds is 16. The van der Waals surface area contributed by atoms with E-state index in [1.165, 1.54) is 12.1 Å². The molecular weight excluding hydrogens is 665 g/mol. The number of hydrogen-bond donors (Lipinski definition) is 0. The Morgan fingerprint density at radius 1 is 0.646 bits per heavy atom. The minimum atomic E-state index is -2.98. The van der Waals surface area contributed by atoms with Crippen molar-refractivity contribution in [2.75, 3.05) is 0 Å². The van der Waals surface area contributed by atoms with Crippen molar-refractivity contribution in [1.29, 1.82) is 0 Å². The van der Waals surface area contributed by atoms with Crippen molar-refractivity contribution in [3.8, 4) is 11.5 Å². The monoisotopic (exact) mass is 718 g/mol. The Balaban J connectivity index is 2.06. The fourth-order valence-corrected chi connectivity index (χ4v) is 6.12. The Kier molecular flexibility index (Phi) is 14.6. The molecule has 0 N–H and O–H groups in total. The van der Waals surface area contributed by atoms with Crippen LogP contribution in [0.2, 0.25) is 36.3 Å². The van der Waals surface area contributed by atoms with E-state index in [2.05, 4.69) is 67.7 Å². The van der Waals surface area contributed by atoms with Crippen LogP contribution in [0.1, 0.15) is 77.6 Å². The van der Waals surface area contributed by atoms with Gasteiger partial charge in [0.2, 0.25) is 0 Å². The smallest absolute Gasteiger partial charge is 0.434 e. The van der Waals surface area contributed by atoms with Gasteiger partial charge in [0.05, 0.1) is 13.2 Å². The molecule has 0 amide bonds. The van der Waals surface area contributed by atoms with Crippen LogP contribution in [0.5, 0.6) is 11.5 Å². The Morgan fingerprint density at radius 3 is 1.27 bits per heavy atom. The van der Waals surface area contributed by atoms with E-state index in [1.807, 2.05) is 0 Å². The van der Waals surface area contributed by atoms with Crippen LogP contribution in [0, 0.1) is 0 Å². The molecule has 2 unspecified atom stereocenters. The molecule has 0 aliphatic carbocycles. The van der Waals surface area contributed by atoms with E-state index in [-0.39, 0.29) is 34.8 Å². The SMILES string of the molecule is CC(Cc1ccc(OC(F)F)c(CO[Si](C)(C)C(C)(C)C)c1)OC(=O)OC(C)Cc1ccc(OC(F)F)c(CO[Si](C)(C)C(C)(C)C)c1. The van der Waals surface area contributed by atoms with Crippen molar-refractivity contribution in [2.24, 2.45) is 0 Å². The van der Waals surface area contributed by atoms with E-state index in [4.69, 9.17) is 27.8 Å². The molecule has 0 saturated heterocycles. The highest BCUT2D eigenvalue weighted by Crippen LogP contribution is 2.39. The van der Waals surface area contributed by atoms with Crippen LogP contribution in [-0.4, -0.2) is 48.2 Å². The van der Waals surface area contributed by atoms with Crippen molar-refractivity contribution in [1.82, 2.24) is 0 Å². The predicted molar refractivity (Wildman–Crippen MR) is 184 cm³/mol. The molecule has 0 aliphatic heterocycles. The van der Waals surface area contributed by atoms with Crippen molar-refractivity contribution in [3.63, 3.8) is 0 Å². The molecule has 0 aromatic heterocycles. The summed E-state index contributed by atoms with van der Waals surface area (Å²) in [5, 5.41) is -0.135. The Labute approximate surface area is 285 Å². The van der Waals surface area contributed by atoms with Gasteiger partial charge in [-0.25, -0.2) is 4.79 Å². The van der Waals surface area contributed by atoms with Gasteiger partial charge in [-0.15, -0.1) is 0 Å². The predicted octanol–water partition coefficient (Wildman–Crippen LogP) is 10.6. The van der Waals surface area contributed by atoms with Crippen molar-refractivity contribution in [2.45, 2.75) is 143 Å². The van der Waals surface area contributed by atoms with E-state index in [9.17, 15) is 22.4 Å². The van der Waals surface area contributed by atoms with Crippen LogP contribution in [0.15, 0.2) is 36.4 Å². The zero-order valence-corrected chi connectivity index (χ0v) is 32.5. The van der Waals surface area contributed by atoms with E-state index >= 15 is 0 Å². The summed E-state index contributed by atoms with van der Waals surface area (Å²) >= 11 is 0. The summed E-state index contributed by atoms with van der Waals surface area (Å²) in [5.74, 6) is 0.0792. The number of halogens is 4. The first-order chi connectivity index (χ1) is 21.9. The molecule has 0 bridgehead atoms. The molecule has 0 heterocycles. The molecule has 7 nitrogen and oxygen atoms in total. The van der Waals surface area contributed by atoms with Gasteiger partial charge in [0.25, 0.3) is 0 Å². The summed E-state index contributed by atoms with van der Waals surface area (Å²) in [7, 11) is -4.34. The minimum absolute atomic E-state index is 0.0396. The molecule has 0 spiro atoms. The first-order valence-electron chi connectivity index (χ1n) is 16.2. The maximum Gasteiger partial charge on any atom is 0.508 e. The number of hydrogen-bond acceptors (Lipinski definition) is 7. The van der Waals surface area contributed by atoms with Crippen LogP contribution < -0.4 is 9.47 Å². The Morgan fingerprint density at radius 2 is 0.979 bits per heavy atom. The molecule has 48 heavy (non-hydrogen) atoms. The Bertz CT molecular complexity index is 1240. The zero-order valence-electron chi connectivity index (χ0n) is 30.5. The van der Waals surface area contributed by atoms with Crippen molar-refractivity contribution in [3.05, 3.63) is 58.7 Å². The van der Waals surface area contributed by atoms with Gasteiger partial charge in [-0.05, 0) is 85.5 Å². The Hall–Kier alpha value is -2.62. The largest absolute Gasteiger partial charge is 0.508 e. The van der Waals surface area contributed by atoms with Crippen LogP contribution in [-0.2, 0) is 44.4 Å². The van der Waals surface area contributed by atoms with Gasteiger partial charge in [-0.3, -0.25) is 0 Å². The van der Waals surface area contributed by atoms with Gasteiger partial charge >= 0.3 is 19.4 Å². The van der Waals surface area contributed by atoms with E-state index in [1.54, 1.807) is 38.1 Å². The maximum absolute atomic E-state index is 13.1. The molecule has 2 aromatic carbocycles. The highest BCUT2D eigenvalue weighted by Gasteiger charge is 2.38. The first-order valence-corrected chi connectivity index (χ1v) is 22.0. The molecule has 2 aromatic rings. The topological polar surface area (TPSA) is 72.5 Å². The molecule has 272 valence electrons. The normalized spacial score (nSPS) is 14.2. The van der Waals surface area contributed by atoms with Crippen LogP contribution in [0.25, 0.3) is 0 Å². The number of ether oxygens (including phenoxy) is 4. The maximum atomic E-state index is 13.1. The number of benzene rings is 2. The third-order valence-electron chi connectivity index (χ3n) is 9.11. The molecule has 0 fully saturated rings. The summed E-state index contributed by atoms with van der Waals surface area (Å²) in [6.45, 7) is 18.5. The number of carbonyl (C=O) groups excluding carboxylic acids is 1. The summed E-state index contributed by atoms with van der Waals surface area (Å²) in [6, 6.07) is 9.70. The van der Waals surface area contributed by atoms with E-state index in [0.29, 0.717) is 24.0 Å². The zero-order chi connectivity index (χ0) is 36.7. The second-order valence-electron chi connectivity index (χ2n) is 15.3. The van der Waals surface area contributed by atoms with E-state index < -0.39 is 48.2 Å². The second kappa shape index (κ2) is 16.9. The highest BCUT2D eigenvalue weighted by atomic mass is 28.4. The van der Waals surface area contributed by atoms with Gasteiger partial charge in [0.1, 0.15) is 23.7 Å². The van der Waals surface area contributed by atoms with Gasteiger partial charge in [-0.2, -0.15) is 17.6 Å². The summed E-state index contributed by atoms with van der Waals surface area (Å²) in [6.07, 6.45) is -1.45. The van der Waals surface area contributed by atoms with E-state index in [0.717, 1.165) is 11.1 Å². The van der Waals surface area contributed by atoms with Gasteiger partial charge in [0.15, 0.2) is 16.6 Å². The average Bonchev–Trinajstić information content (AvgIpc) is 2.91. The number of alkyl halides is 4. The first kappa shape index (κ1) is 41.6. The second-order valence-corrected chi connectivity index (χ2v) is 24.9. The quantitative estimate of drug-likeness (QED) is 0.0972. The summed E-state index contributed by atoms with van der Waals surface area (Å²) in [5.41, 5.74) is 2.47.